The average Bonchev–Trinajstić information content (AvgIpc) is 3.33. The smallest absolute Gasteiger partial charge is 0.194 e. The Morgan fingerprint density at radius 1 is 1.32 bits per heavy atom. The van der Waals surface area contributed by atoms with Crippen molar-refractivity contribution in [1.29, 1.82) is 0 Å². The lowest BCUT2D eigenvalue weighted by Gasteiger charge is -2.40. The van der Waals surface area contributed by atoms with E-state index in [0.717, 1.165) is 63.1 Å². The van der Waals surface area contributed by atoms with Crippen LogP contribution in [0.1, 0.15) is 44.7 Å². The summed E-state index contributed by atoms with van der Waals surface area (Å²) in [6.07, 6.45) is 8.88. The zero-order valence-electron chi connectivity index (χ0n) is 18.6. The van der Waals surface area contributed by atoms with Gasteiger partial charge >= 0.3 is 0 Å². The van der Waals surface area contributed by atoms with Gasteiger partial charge in [0.05, 0.1) is 18.9 Å². The molecule has 2 aromatic rings. The van der Waals surface area contributed by atoms with E-state index in [1.807, 2.05) is 24.7 Å². The number of benzene rings is 1. The molecule has 2 aliphatic rings. The summed E-state index contributed by atoms with van der Waals surface area (Å²) < 4.78 is 7.94. The number of likely N-dealkylation sites (tertiary alicyclic amines) is 1. The van der Waals surface area contributed by atoms with Crippen molar-refractivity contribution in [2.75, 3.05) is 39.4 Å². The molecule has 0 spiro atoms. The van der Waals surface area contributed by atoms with Crippen molar-refractivity contribution in [3.05, 3.63) is 53.6 Å². The molecule has 0 aliphatic carbocycles. The Bertz CT molecular complexity index is 863. The molecule has 1 aromatic carbocycles. The van der Waals surface area contributed by atoms with Crippen LogP contribution in [0.2, 0.25) is 5.02 Å². The van der Waals surface area contributed by atoms with Gasteiger partial charge < -0.3 is 19.5 Å². The summed E-state index contributed by atoms with van der Waals surface area (Å²) in [5, 5.41) is 4.37. The van der Waals surface area contributed by atoms with Gasteiger partial charge in [-0.2, -0.15) is 0 Å². The average molecular weight is 444 g/mol. The highest BCUT2D eigenvalue weighted by Crippen LogP contribution is 2.39. The molecular weight excluding hydrogens is 410 g/mol. The molecule has 2 saturated heterocycles. The first-order chi connectivity index (χ1) is 15.1. The van der Waals surface area contributed by atoms with Crippen LogP contribution in [0.4, 0.5) is 0 Å². The Morgan fingerprint density at radius 3 is 2.84 bits per heavy atom. The minimum atomic E-state index is -0.0793. The number of imidazole rings is 1. The molecule has 0 radical (unpaired) electrons. The van der Waals surface area contributed by atoms with Crippen LogP contribution in [0, 0.1) is 5.92 Å². The number of hydrogen-bond donors (Lipinski definition) is 1. The number of hydrogen-bond acceptors (Lipinski definition) is 3. The van der Waals surface area contributed by atoms with E-state index in [1.54, 1.807) is 0 Å². The summed E-state index contributed by atoms with van der Waals surface area (Å²) in [4.78, 5) is 11.9. The lowest BCUT2D eigenvalue weighted by Crippen LogP contribution is -2.49. The fraction of sp³-hybridized carbons (Fsp3) is 0.583. The van der Waals surface area contributed by atoms with Crippen molar-refractivity contribution in [2.24, 2.45) is 10.9 Å². The maximum Gasteiger partial charge on any atom is 0.194 e. The van der Waals surface area contributed by atoms with Crippen molar-refractivity contribution >= 4 is 17.6 Å². The van der Waals surface area contributed by atoms with Gasteiger partial charge in [0.2, 0.25) is 0 Å². The van der Waals surface area contributed by atoms with Gasteiger partial charge in [0, 0.05) is 55.7 Å². The molecule has 0 amide bonds. The number of halogens is 1. The van der Waals surface area contributed by atoms with Crippen molar-refractivity contribution in [3.63, 3.8) is 0 Å². The van der Waals surface area contributed by atoms with Crippen LogP contribution in [-0.2, 0) is 10.2 Å². The topological polar surface area (TPSA) is 54.7 Å². The summed E-state index contributed by atoms with van der Waals surface area (Å²) in [6.45, 7) is 9.48. The van der Waals surface area contributed by atoms with Crippen LogP contribution < -0.4 is 5.32 Å². The van der Waals surface area contributed by atoms with Crippen LogP contribution >= 0.6 is 11.6 Å². The van der Waals surface area contributed by atoms with E-state index < -0.39 is 0 Å². The second-order valence-electron chi connectivity index (χ2n) is 8.83. The summed E-state index contributed by atoms with van der Waals surface area (Å²) >= 11 is 6.64. The molecule has 0 saturated carbocycles. The quantitative estimate of drug-likeness (QED) is 0.557. The Kier molecular flexibility index (Phi) is 7.18. The molecule has 2 atom stereocenters. The normalized spacial score (nSPS) is 24.2. The summed E-state index contributed by atoms with van der Waals surface area (Å²) in [5.41, 5.74) is 1.12. The summed E-state index contributed by atoms with van der Waals surface area (Å²) in [7, 11) is 0. The van der Waals surface area contributed by atoms with E-state index in [2.05, 4.69) is 51.9 Å². The van der Waals surface area contributed by atoms with Gasteiger partial charge in [0.1, 0.15) is 0 Å². The Hall–Kier alpha value is -2.05. The highest BCUT2D eigenvalue weighted by atomic mass is 35.5. The first-order valence-electron chi connectivity index (χ1n) is 11.5. The van der Waals surface area contributed by atoms with Crippen molar-refractivity contribution in [1.82, 2.24) is 19.8 Å². The highest BCUT2D eigenvalue weighted by Gasteiger charge is 2.36. The maximum absolute atomic E-state index is 6.64. The fourth-order valence-corrected chi connectivity index (χ4v) is 5.25. The summed E-state index contributed by atoms with van der Waals surface area (Å²) in [6, 6.07) is 8.63. The van der Waals surface area contributed by atoms with E-state index in [4.69, 9.17) is 21.3 Å². The Morgan fingerprint density at radius 2 is 2.13 bits per heavy atom. The first kappa shape index (κ1) is 22.2. The van der Waals surface area contributed by atoms with Crippen LogP contribution in [-0.4, -0.2) is 59.8 Å². The number of aromatic nitrogens is 2. The number of aliphatic imine (C=N–C) groups is 1. The van der Waals surface area contributed by atoms with Crippen molar-refractivity contribution < 1.29 is 4.74 Å². The molecule has 7 heteroatoms. The largest absolute Gasteiger partial charge is 0.381 e. The molecule has 2 unspecified atom stereocenters. The molecule has 2 fully saturated rings. The molecule has 4 rings (SSSR count). The van der Waals surface area contributed by atoms with Crippen molar-refractivity contribution in [3.8, 4) is 0 Å². The standard InChI is InChI=1S/C24H34ClN5O/c1-3-27-23(29-12-8-19(2)22(16-29)30-13-11-26-18-30)28-17-24(9-14-31-15-10-24)20-6-4-5-7-21(20)25/h4-7,11,13,18-19,22H,3,8-10,12,14-17H2,1-2H3,(H,27,28). The van der Waals surface area contributed by atoms with Gasteiger partial charge in [0.15, 0.2) is 5.96 Å². The third kappa shape index (κ3) is 4.90. The number of guanidine groups is 1. The second kappa shape index (κ2) is 10.0. The number of piperidine rings is 1. The zero-order valence-corrected chi connectivity index (χ0v) is 19.4. The molecule has 1 N–H and O–H groups in total. The van der Waals surface area contributed by atoms with E-state index in [9.17, 15) is 0 Å². The molecule has 3 heterocycles. The van der Waals surface area contributed by atoms with Crippen LogP contribution in [0.25, 0.3) is 0 Å². The molecule has 168 valence electrons. The predicted molar refractivity (Wildman–Crippen MR) is 126 cm³/mol. The third-order valence-electron chi connectivity index (χ3n) is 6.89. The Labute approximate surface area is 190 Å². The first-order valence-corrected chi connectivity index (χ1v) is 11.8. The van der Waals surface area contributed by atoms with Gasteiger partial charge in [-0.1, -0.05) is 36.7 Å². The lowest BCUT2D eigenvalue weighted by atomic mass is 9.74. The van der Waals surface area contributed by atoms with Gasteiger partial charge in [-0.15, -0.1) is 0 Å². The minimum absolute atomic E-state index is 0.0793. The van der Waals surface area contributed by atoms with E-state index in [-0.39, 0.29) is 5.41 Å². The molecular formula is C24H34ClN5O. The lowest BCUT2D eigenvalue weighted by molar-refractivity contribution is 0.0530. The zero-order chi connectivity index (χ0) is 21.7. The number of rotatable bonds is 5. The highest BCUT2D eigenvalue weighted by molar-refractivity contribution is 6.31. The van der Waals surface area contributed by atoms with E-state index >= 15 is 0 Å². The minimum Gasteiger partial charge on any atom is -0.381 e. The molecule has 1 aromatic heterocycles. The monoisotopic (exact) mass is 443 g/mol. The predicted octanol–water partition coefficient (Wildman–Crippen LogP) is 4.13. The van der Waals surface area contributed by atoms with Crippen LogP contribution in [0.3, 0.4) is 0 Å². The fourth-order valence-electron chi connectivity index (χ4n) is 4.91. The van der Waals surface area contributed by atoms with Gasteiger partial charge in [-0.3, -0.25) is 4.99 Å². The van der Waals surface area contributed by atoms with Gasteiger partial charge in [-0.05, 0) is 43.7 Å². The van der Waals surface area contributed by atoms with E-state index in [1.165, 1.54) is 5.56 Å². The SMILES string of the molecule is CCNC(=NCC1(c2ccccc2Cl)CCOCC1)N1CCC(C)C(n2ccnc2)C1. The molecule has 6 nitrogen and oxygen atoms in total. The number of ether oxygens (including phenoxy) is 1. The van der Waals surface area contributed by atoms with Gasteiger partial charge in [-0.25, -0.2) is 4.98 Å². The van der Waals surface area contributed by atoms with E-state index in [0.29, 0.717) is 18.5 Å². The number of nitrogens with one attached hydrogen (secondary N) is 1. The Balaban J connectivity index is 1.58. The van der Waals surface area contributed by atoms with Gasteiger partial charge in [0.25, 0.3) is 0 Å². The third-order valence-corrected chi connectivity index (χ3v) is 7.22. The van der Waals surface area contributed by atoms with Crippen molar-refractivity contribution in [2.45, 2.75) is 44.6 Å². The molecule has 0 bridgehead atoms. The summed E-state index contributed by atoms with van der Waals surface area (Å²) in [5.74, 6) is 1.61. The molecule has 31 heavy (non-hydrogen) atoms. The maximum atomic E-state index is 6.64. The molecule has 2 aliphatic heterocycles. The number of nitrogens with zero attached hydrogens (tertiary/aromatic N) is 4. The second-order valence-corrected chi connectivity index (χ2v) is 9.24. The van der Waals surface area contributed by atoms with Crippen LogP contribution in [0.5, 0.6) is 0 Å². The van der Waals surface area contributed by atoms with Crippen LogP contribution in [0.15, 0.2) is 48.0 Å².